The third kappa shape index (κ3) is 6.69. The number of unbranched alkanes of at least 4 members (excludes halogenated alkanes) is 1. The van der Waals surface area contributed by atoms with E-state index in [1.165, 1.54) is 19.5 Å². The molecule has 1 aliphatic heterocycles. The summed E-state index contributed by atoms with van der Waals surface area (Å²) in [5, 5.41) is 0. The second-order valence-electron chi connectivity index (χ2n) is 11.1. The van der Waals surface area contributed by atoms with E-state index in [0.29, 0.717) is 17.7 Å². The molecule has 0 amide bonds. The maximum absolute atomic E-state index is 5.95. The van der Waals surface area contributed by atoms with Crippen LogP contribution in [-0.2, 0) is 14.2 Å². The molecule has 0 N–H and O–H groups in total. The van der Waals surface area contributed by atoms with Crippen LogP contribution in [0.1, 0.15) is 73.6 Å². The van der Waals surface area contributed by atoms with E-state index >= 15 is 0 Å². The Hall–Kier alpha value is -0.160. The normalized spacial score (nSPS) is 32.2. The number of hydrogen-bond acceptors (Lipinski definition) is 4. The lowest BCUT2D eigenvalue weighted by Gasteiger charge is -2.48. The molecular formula is C23H43NO3. The molecule has 2 atom stereocenters. The molecule has 3 aliphatic rings. The van der Waals surface area contributed by atoms with Crippen molar-refractivity contribution < 1.29 is 14.2 Å². The molecule has 4 heteroatoms. The Balaban J connectivity index is 1.10. The van der Waals surface area contributed by atoms with Crippen molar-refractivity contribution in [1.29, 1.82) is 0 Å². The summed E-state index contributed by atoms with van der Waals surface area (Å²) in [6.07, 6.45) is 6.56. The highest BCUT2D eigenvalue weighted by atomic mass is 16.5. The SMILES string of the molecule is CC(C)(C)OC1CC(OCCCCOCC2CC2C2CN(C(C)(C)C)C2)C1. The number of nitrogens with zero attached hydrogens (tertiary/aromatic N) is 1. The van der Waals surface area contributed by atoms with Crippen LogP contribution in [0.2, 0.25) is 0 Å². The lowest BCUT2D eigenvalue weighted by molar-refractivity contribution is -0.148. The van der Waals surface area contributed by atoms with E-state index < -0.39 is 0 Å². The van der Waals surface area contributed by atoms with Gasteiger partial charge in [-0.2, -0.15) is 0 Å². The predicted octanol–water partition coefficient (Wildman–Crippen LogP) is 4.51. The molecular weight excluding hydrogens is 338 g/mol. The van der Waals surface area contributed by atoms with Crippen LogP contribution in [0.3, 0.4) is 0 Å². The molecule has 3 fully saturated rings. The fourth-order valence-corrected chi connectivity index (χ4v) is 4.41. The van der Waals surface area contributed by atoms with Crippen molar-refractivity contribution in [3.63, 3.8) is 0 Å². The summed E-state index contributed by atoms with van der Waals surface area (Å²) in [5.41, 5.74) is 0.317. The van der Waals surface area contributed by atoms with Crippen molar-refractivity contribution >= 4 is 0 Å². The Morgan fingerprint density at radius 2 is 1.52 bits per heavy atom. The fraction of sp³-hybridized carbons (Fsp3) is 1.00. The van der Waals surface area contributed by atoms with Crippen LogP contribution in [0.25, 0.3) is 0 Å². The van der Waals surface area contributed by atoms with E-state index in [1.54, 1.807) is 0 Å². The summed E-state index contributed by atoms with van der Waals surface area (Å²) in [6, 6.07) is 0. The zero-order valence-corrected chi connectivity index (χ0v) is 18.6. The van der Waals surface area contributed by atoms with Crippen LogP contribution in [0.4, 0.5) is 0 Å². The summed E-state index contributed by atoms with van der Waals surface area (Å²) in [6.45, 7) is 18.7. The molecule has 158 valence electrons. The van der Waals surface area contributed by atoms with E-state index in [-0.39, 0.29) is 5.60 Å². The summed E-state index contributed by atoms with van der Waals surface area (Å²) in [5.74, 6) is 2.71. The van der Waals surface area contributed by atoms with Crippen LogP contribution in [0.15, 0.2) is 0 Å². The lowest BCUT2D eigenvalue weighted by Crippen LogP contribution is -2.56. The van der Waals surface area contributed by atoms with Gasteiger partial charge in [0.05, 0.1) is 17.8 Å². The van der Waals surface area contributed by atoms with Gasteiger partial charge < -0.3 is 14.2 Å². The van der Waals surface area contributed by atoms with Crippen LogP contribution in [-0.4, -0.2) is 61.2 Å². The largest absolute Gasteiger partial charge is 0.381 e. The van der Waals surface area contributed by atoms with Crippen molar-refractivity contribution in [2.45, 2.75) is 97.0 Å². The third-order valence-electron chi connectivity index (χ3n) is 6.38. The van der Waals surface area contributed by atoms with E-state index in [1.807, 2.05) is 0 Å². The van der Waals surface area contributed by atoms with Gasteiger partial charge in [0, 0.05) is 38.4 Å². The fourth-order valence-electron chi connectivity index (χ4n) is 4.41. The Morgan fingerprint density at radius 3 is 2.15 bits per heavy atom. The summed E-state index contributed by atoms with van der Waals surface area (Å²) < 4.78 is 17.8. The van der Waals surface area contributed by atoms with Crippen molar-refractivity contribution in [1.82, 2.24) is 4.90 Å². The Kier molecular flexibility index (Phi) is 6.93. The standard InChI is InChI=1S/C23H43NO3/c1-22(2,3)24-14-18(15-24)21-11-17(21)16-25-9-7-8-10-26-19-12-20(13-19)27-23(4,5)6/h17-21H,7-16H2,1-6H3. The van der Waals surface area contributed by atoms with E-state index in [2.05, 4.69) is 46.4 Å². The molecule has 2 aliphatic carbocycles. The van der Waals surface area contributed by atoms with Gasteiger partial charge in [-0.25, -0.2) is 0 Å². The third-order valence-corrected chi connectivity index (χ3v) is 6.38. The highest BCUT2D eigenvalue weighted by Crippen LogP contribution is 2.48. The maximum Gasteiger partial charge on any atom is 0.0631 e. The molecule has 27 heavy (non-hydrogen) atoms. The minimum absolute atomic E-state index is 0.0296. The molecule has 2 unspecified atom stereocenters. The van der Waals surface area contributed by atoms with Gasteiger partial charge in [-0.1, -0.05) is 0 Å². The van der Waals surface area contributed by atoms with Gasteiger partial charge in [0.15, 0.2) is 0 Å². The summed E-state index contributed by atoms with van der Waals surface area (Å²) in [7, 11) is 0. The molecule has 0 aromatic carbocycles. The maximum atomic E-state index is 5.95. The molecule has 1 saturated heterocycles. The average molecular weight is 382 g/mol. The number of hydrogen-bond donors (Lipinski definition) is 0. The predicted molar refractivity (Wildman–Crippen MR) is 110 cm³/mol. The van der Waals surface area contributed by atoms with Gasteiger partial charge in [0.25, 0.3) is 0 Å². The summed E-state index contributed by atoms with van der Waals surface area (Å²) in [4.78, 5) is 2.60. The van der Waals surface area contributed by atoms with Crippen molar-refractivity contribution in [3.8, 4) is 0 Å². The summed E-state index contributed by atoms with van der Waals surface area (Å²) >= 11 is 0. The van der Waals surface area contributed by atoms with Crippen molar-refractivity contribution in [2.24, 2.45) is 17.8 Å². The smallest absolute Gasteiger partial charge is 0.0631 e. The molecule has 4 nitrogen and oxygen atoms in total. The second-order valence-corrected chi connectivity index (χ2v) is 11.1. The molecule has 0 spiro atoms. The highest BCUT2D eigenvalue weighted by molar-refractivity contribution is 5.00. The topological polar surface area (TPSA) is 30.9 Å². The van der Waals surface area contributed by atoms with E-state index in [0.717, 1.165) is 63.3 Å². The van der Waals surface area contributed by atoms with Gasteiger partial charge in [-0.15, -0.1) is 0 Å². The zero-order valence-electron chi connectivity index (χ0n) is 18.6. The van der Waals surface area contributed by atoms with Gasteiger partial charge in [0.2, 0.25) is 0 Å². The van der Waals surface area contributed by atoms with Crippen molar-refractivity contribution in [3.05, 3.63) is 0 Å². The monoisotopic (exact) mass is 381 g/mol. The molecule has 0 aromatic heterocycles. The van der Waals surface area contributed by atoms with E-state index in [4.69, 9.17) is 14.2 Å². The minimum Gasteiger partial charge on any atom is -0.381 e. The Labute approximate surface area is 167 Å². The van der Waals surface area contributed by atoms with Crippen LogP contribution >= 0.6 is 0 Å². The number of likely N-dealkylation sites (tertiary alicyclic amines) is 1. The van der Waals surface area contributed by atoms with Gasteiger partial charge in [-0.3, -0.25) is 4.90 Å². The van der Waals surface area contributed by atoms with Crippen LogP contribution in [0.5, 0.6) is 0 Å². The molecule has 1 heterocycles. The Morgan fingerprint density at radius 1 is 0.852 bits per heavy atom. The van der Waals surface area contributed by atoms with Gasteiger partial charge in [-0.05, 0) is 91.4 Å². The molecule has 0 radical (unpaired) electrons. The first-order valence-electron chi connectivity index (χ1n) is 11.2. The average Bonchev–Trinajstić information content (AvgIpc) is 3.17. The van der Waals surface area contributed by atoms with Crippen LogP contribution in [0, 0.1) is 17.8 Å². The zero-order chi connectivity index (χ0) is 19.7. The first-order chi connectivity index (χ1) is 12.6. The first kappa shape index (κ1) is 21.5. The molecule has 3 rings (SSSR count). The molecule has 0 aromatic rings. The lowest BCUT2D eigenvalue weighted by atomic mass is 9.88. The van der Waals surface area contributed by atoms with E-state index in [9.17, 15) is 0 Å². The van der Waals surface area contributed by atoms with Crippen LogP contribution < -0.4 is 0 Å². The number of ether oxygens (including phenoxy) is 3. The highest BCUT2D eigenvalue weighted by Gasteiger charge is 2.48. The first-order valence-corrected chi connectivity index (χ1v) is 11.2. The minimum atomic E-state index is -0.0296. The Bertz CT molecular complexity index is 455. The second kappa shape index (κ2) is 8.69. The quantitative estimate of drug-likeness (QED) is 0.521. The van der Waals surface area contributed by atoms with Gasteiger partial charge in [0.1, 0.15) is 0 Å². The van der Waals surface area contributed by atoms with Crippen molar-refractivity contribution in [2.75, 3.05) is 32.9 Å². The molecule has 2 saturated carbocycles. The van der Waals surface area contributed by atoms with Gasteiger partial charge >= 0.3 is 0 Å². The molecule has 0 bridgehead atoms. The number of rotatable bonds is 10.